The number of hydrogen-bond acceptors (Lipinski definition) is 3. The van der Waals surface area contributed by atoms with Crippen molar-refractivity contribution < 1.29 is 13.2 Å². The van der Waals surface area contributed by atoms with Gasteiger partial charge in [-0.15, -0.1) is 0 Å². The average Bonchev–Trinajstić information content (AvgIpc) is 2.11. The van der Waals surface area contributed by atoms with Crippen molar-refractivity contribution in [2.75, 3.05) is 12.8 Å². The molecule has 1 rings (SSSR count). The number of carbonyl (C=O) groups excluding carboxylic acids is 1. The zero-order chi connectivity index (χ0) is 7.78. The van der Waals surface area contributed by atoms with Gasteiger partial charge in [0.15, 0.2) is 0 Å². The van der Waals surface area contributed by atoms with Gasteiger partial charge < -0.3 is 0 Å². The van der Waals surface area contributed by atoms with Gasteiger partial charge in [-0.3, -0.25) is 4.79 Å². The minimum Gasteiger partial charge on any atom is -0.274 e. The largest absolute Gasteiger partial charge is 0.274 e. The first-order valence-electron chi connectivity index (χ1n) is 3.02. The fourth-order valence-electron chi connectivity index (χ4n) is 0.974. The minimum atomic E-state index is -3.27. The molecule has 0 aliphatic carbocycles. The average molecular weight is 163 g/mol. The van der Waals surface area contributed by atoms with Crippen molar-refractivity contribution in [3.8, 4) is 0 Å². The summed E-state index contributed by atoms with van der Waals surface area (Å²) in [6.07, 6.45) is 2.08. The second-order valence-electron chi connectivity index (χ2n) is 2.33. The Morgan fingerprint density at radius 1 is 1.50 bits per heavy atom. The molecular formula is C5H9NO3S. The van der Waals surface area contributed by atoms with Crippen molar-refractivity contribution in [2.24, 2.45) is 0 Å². The van der Waals surface area contributed by atoms with Crippen LogP contribution in [0.25, 0.3) is 0 Å². The molecule has 0 aromatic heterocycles. The van der Waals surface area contributed by atoms with Crippen LogP contribution < -0.4 is 0 Å². The summed E-state index contributed by atoms with van der Waals surface area (Å²) in [6.45, 7) is 0.359. The van der Waals surface area contributed by atoms with E-state index in [-0.39, 0.29) is 5.91 Å². The zero-order valence-electron chi connectivity index (χ0n) is 5.70. The Morgan fingerprint density at radius 3 is 2.30 bits per heavy atom. The van der Waals surface area contributed by atoms with Crippen LogP contribution >= 0.6 is 0 Å². The topological polar surface area (TPSA) is 54.5 Å². The third kappa shape index (κ3) is 1.29. The van der Waals surface area contributed by atoms with Crippen LogP contribution in [-0.2, 0) is 14.8 Å². The van der Waals surface area contributed by atoms with Crippen LogP contribution in [0.5, 0.6) is 0 Å². The number of amides is 1. The number of sulfonamides is 1. The highest BCUT2D eigenvalue weighted by Gasteiger charge is 2.27. The second kappa shape index (κ2) is 2.23. The van der Waals surface area contributed by atoms with Gasteiger partial charge in [0.2, 0.25) is 15.9 Å². The first-order valence-corrected chi connectivity index (χ1v) is 4.87. The molecule has 0 radical (unpaired) electrons. The van der Waals surface area contributed by atoms with Crippen molar-refractivity contribution in [3.63, 3.8) is 0 Å². The Hall–Kier alpha value is -0.580. The molecule has 0 unspecified atom stereocenters. The molecule has 10 heavy (non-hydrogen) atoms. The molecule has 4 nitrogen and oxygen atoms in total. The zero-order valence-corrected chi connectivity index (χ0v) is 6.52. The molecule has 1 fully saturated rings. The quantitative estimate of drug-likeness (QED) is 0.527. The highest BCUT2D eigenvalue weighted by Crippen LogP contribution is 2.12. The molecule has 1 aliphatic rings. The molecule has 1 aliphatic heterocycles. The Labute approximate surface area is 59.9 Å². The fraction of sp³-hybridized carbons (Fsp3) is 0.800. The van der Waals surface area contributed by atoms with E-state index < -0.39 is 10.0 Å². The molecule has 0 N–H and O–H groups in total. The molecule has 1 amide bonds. The summed E-state index contributed by atoms with van der Waals surface area (Å²) in [5.41, 5.74) is 0. The highest BCUT2D eigenvalue weighted by molar-refractivity contribution is 7.88. The molecule has 0 aromatic rings. The van der Waals surface area contributed by atoms with Gasteiger partial charge in [-0.1, -0.05) is 0 Å². The number of nitrogens with zero attached hydrogens (tertiary/aromatic N) is 1. The lowest BCUT2D eigenvalue weighted by atomic mass is 10.4. The second-order valence-corrected chi connectivity index (χ2v) is 4.24. The Bertz CT molecular complexity index is 244. The van der Waals surface area contributed by atoms with Crippen LogP contribution in [-0.4, -0.2) is 31.4 Å². The molecular weight excluding hydrogens is 154 g/mol. The van der Waals surface area contributed by atoms with Crippen LogP contribution in [0.2, 0.25) is 0 Å². The van der Waals surface area contributed by atoms with E-state index >= 15 is 0 Å². The molecule has 5 heteroatoms. The lowest BCUT2D eigenvalue weighted by molar-refractivity contribution is -0.123. The lowest BCUT2D eigenvalue weighted by Gasteiger charge is -2.10. The molecule has 1 saturated heterocycles. The normalized spacial score (nSPS) is 20.1. The third-order valence-electron chi connectivity index (χ3n) is 1.43. The maximum atomic E-state index is 10.8. The van der Waals surface area contributed by atoms with E-state index in [1.807, 2.05) is 0 Å². The standard InChI is InChI=1S/C5H9NO3S/c1-10(8,9)6-4-2-3-5(6)7/h2-4H2,1H3. The fourth-order valence-corrected chi connectivity index (χ4v) is 1.90. The van der Waals surface area contributed by atoms with Crippen LogP contribution in [0, 0.1) is 0 Å². The van der Waals surface area contributed by atoms with Gasteiger partial charge in [-0.25, -0.2) is 12.7 Å². The summed E-state index contributed by atoms with van der Waals surface area (Å²) in [7, 11) is -3.27. The van der Waals surface area contributed by atoms with Crippen molar-refractivity contribution in [1.82, 2.24) is 4.31 Å². The Kier molecular flexibility index (Phi) is 1.68. The SMILES string of the molecule is CS(=O)(=O)N1CCCC1=O. The van der Waals surface area contributed by atoms with Gasteiger partial charge in [-0.2, -0.15) is 0 Å². The van der Waals surface area contributed by atoms with E-state index in [0.29, 0.717) is 19.4 Å². The number of rotatable bonds is 1. The smallest absolute Gasteiger partial charge is 0.236 e. The molecule has 0 saturated carbocycles. The summed E-state index contributed by atoms with van der Waals surface area (Å²) in [4.78, 5) is 10.8. The Balaban J connectivity index is 2.84. The summed E-state index contributed by atoms with van der Waals surface area (Å²) >= 11 is 0. The van der Waals surface area contributed by atoms with Crippen LogP contribution in [0.3, 0.4) is 0 Å². The first kappa shape index (κ1) is 7.53. The van der Waals surface area contributed by atoms with Crippen LogP contribution in [0.1, 0.15) is 12.8 Å². The summed E-state index contributed by atoms with van der Waals surface area (Å²) < 4.78 is 22.4. The monoisotopic (exact) mass is 163 g/mol. The van der Waals surface area contributed by atoms with E-state index in [9.17, 15) is 13.2 Å². The molecule has 0 spiro atoms. The van der Waals surface area contributed by atoms with Crippen LogP contribution in [0.4, 0.5) is 0 Å². The van der Waals surface area contributed by atoms with Crippen molar-refractivity contribution in [2.45, 2.75) is 12.8 Å². The van der Waals surface area contributed by atoms with Gasteiger partial charge in [0.1, 0.15) is 0 Å². The van der Waals surface area contributed by atoms with Crippen LogP contribution in [0.15, 0.2) is 0 Å². The van der Waals surface area contributed by atoms with Gasteiger partial charge in [0.25, 0.3) is 0 Å². The van der Waals surface area contributed by atoms with E-state index in [0.717, 1.165) is 10.6 Å². The molecule has 0 atom stereocenters. The first-order chi connectivity index (χ1) is 4.52. The van der Waals surface area contributed by atoms with E-state index in [1.54, 1.807) is 0 Å². The number of hydrogen-bond donors (Lipinski definition) is 0. The summed E-state index contributed by atoms with van der Waals surface area (Å²) in [5, 5.41) is 0. The van der Waals surface area contributed by atoms with Crippen molar-refractivity contribution >= 4 is 15.9 Å². The highest BCUT2D eigenvalue weighted by atomic mass is 32.2. The van der Waals surface area contributed by atoms with Gasteiger partial charge in [0, 0.05) is 13.0 Å². The maximum absolute atomic E-state index is 10.8. The predicted molar refractivity (Wildman–Crippen MR) is 35.8 cm³/mol. The van der Waals surface area contributed by atoms with Crippen molar-refractivity contribution in [3.05, 3.63) is 0 Å². The van der Waals surface area contributed by atoms with Gasteiger partial charge in [-0.05, 0) is 6.42 Å². The summed E-state index contributed by atoms with van der Waals surface area (Å²) in [5.74, 6) is -0.275. The van der Waals surface area contributed by atoms with E-state index in [2.05, 4.69) is 0 Å². The van der Waals surface area contributed by atoms with E-state index in [1.165, 1.54) is 0 Å². The molecule has 58 valence electrons. The molecule has 0 aromatic carbocycles. The molecule has 1 heterocycles. The van der Waals surface area contributed by atoms with Crippen molar-refractivity contribution in [1.29, 1.82) is 0 Å². The minimum absolute atomic E-state index is 0.275. The third-order valence-corrected chi connectivity index (χ3v) is 2.62. The van der Waals surface area contributed by atoms with E-state index in [4.69, 9.17) is 0 Å². The summed E-state index contributed by atoms with van der Waals surface area (Å²) in [6, 6.07) is 0. The number of carbonyl (C=O) groups is 1. The van der Waals surface area contributed by atoms with Gasteiger partial charge in [0.05, 0.1) is 6.26 Å². The van der Waals surface area contributed by atoms with Gasteiger partial charge >= 0.3 is 0 Å². The molecule has 0 bridgehead atoms. The Morgan fingerprint density at radius 2 is 2.10 bits per heavy atom. The predicted octanol–water partition coefficient (Wildman–Crippen LogP) is -0.432. The maximum Gasteiger partial charge on any atom is 0.236 e. The lowest BCUT2D eigenvalue weighted by Crippen LogP contribution is -2.30.